The van der Waals surface area contributed by atoms with Gasteiger partial charge >= 0.3 is 0 Å². The highest BCUT2D eigenvalue weighted by atomic mass is 32.2. The third-order valence-corrected chi connectivity index (χ3v) is 7.75. The summed E-state index contributed by atoms with van der Waals surface area (Å²) in [5, 5.41) is 4.99. The molecule has 13 heteroatoms. The van der Waals surface area contributed by atoms with Gasteiger partial charge in [-0.05, 0) is 37.3 Å². The molecule has 0 saturated carbocycles. The first-order valence-corrected chi connectivity index (χ1v) is 14.6. The molecule has 0 saturated heterocycles. The van der Waals surface area contributed by atoms with Crippen LogP contribution in [0.25, 0.3) is 0 Å². The summed E-state index contributed by atoms with van der Waals surface area (Å²) in [6, 6.07) is 19.8. The molecule has 0 aromatic heterocycles. The van der Waals surface area contributed by atoms with Gasteiger partial charge in [0.1, 0.15) is 18.6 Å². The summed E-state index contributed by atoms with van der Waals surface area (Å²) >= 11 is 0. The summed E-state index contributed by atoms with van der Waals surface area (Å²) in [7, 11) is -4.34. The number of aldehydes is 1. The van der Waals surface area contributed by atoms with E-state index in [0.29, 0.717) is 34.5 Å². The average molecular weight is 604 g/mol. The fourth-order valence-electron chi connectivity index (χ4n) is 4.47. The lowest BCUT2D eigenvalue weighted by Gasteiger charge is -2.25. The smallest absolute Gasteiger partial charge is 0.268 e. The molecule has 0 radical (unpaired) electrons. The largest absolute Gasteiger partial charge is 0.345 e. The van der Waals surface area contributed by atoms with Crippen LogP contribution in [0.4, 0.5) is 11.4 Å². The molecule has 4 rings (SSSR count). The van der Waals surface area contributed by atoms with Gasteiger partial charge in [-0.3, -0.25) is 29.1 Å². The normalized spacial score (nSPS) is 15.4. The molecular weight excluding hydrogens is 574 g/mol. The zero-order valence-electron chi connectivity index (χ0n) is 23.3. The van der Waals surface area contributed by atoms with Gasteiger partial charge in [0.05, 0.1) is 22.3 Å². The summed E-state index contributed by atoms with van der Waals surface area (Å²) < 4.78 is 29.2. The summed E-state index contributed by atoms with van der Waals surface area (Å²) in [4.78, 5) is 66.7. The van der Waals surface area contributed by atoms with E-state index in [9.17, 15) is 32.4 Å². The van der Waals surface area contributed by atoms with E-state index in [0.717, 1.165) is 4.90 Å². The number of ketones is 1. The molecule has 3 aromatic rings. The minimum absolute atomic E-state index is 0.185. The van der Waals surface area contributed by atoms with Crippen molar-refractivity contribution in [1.82, 2.24) is 10.0 Å². The Morgan fingerprint density at radius 3 is 2.23 bits per heavy atom. The van der Waals surface area contributed by atoms with Crippen molar-refractivity contribution in [3.8, 4) is 0 Å². The maximum atomic E-state index is 14.0. The Hall–Kier alpha value is -5.01. The van der Waals surface area contributed by atoms with Crippen molar-refractivity contribution in [2.75, 3.05) is 16.8 Å². The maximum Gasteiger partial charge on any atom is 0.268 e. The van der Waals surface area contributed by atoms with Gasteiger partial charge in [-0.25, -0.2) is 8.42 Å². The first kappa shape index (κ1) is 30.9. The highest BCUT2D eigenvalue weighted by Crippen LogP contribution is 2.28. The summed E-state index contributed by atoms with van der Waals surface area (Å²) in [5.74, 6) is -2.22. The SMILES string of the molecule is CC(=O)C[C@@H](C=O)NC(=O)CN1C(=O)C(NS(=O)(=O)c2ccc(NC(C)=O)cc2)N=C(c2ccccc2)c2ccccc21. The van der Waals surface area contributed by atoms with Gasteiger partial charge in [0.2, 0.25) is 21.8 Å². The summed E-state index contributed by atoms with van der Waals surface area (Å²) in [5.41, 5.74) is 2.05. The molecule has 1 heterocycles. The van der Waals surface area contributed by atoms with E-state index in [4.69, 9.17) is 0 Å². The number of sulfonamides is 1. The highest BCUT2D eigenvalue weighted by Gasteiger charge is 2.36. The van der Waals surface area contributed by atoms with Crippen LogP contribution in [0.5, 0.6) is 0 Å². The standard InChI is InChI=1S/C30H29N5O7S/c1-19(37)16-23(18-36)32-27(39)17-35-26-11-7-6-10-25(26)28(21-8-4-3-5-9-21)33-29(30(35)40)34-43(41,42)24-14-12-22(13-15-24)31-20(2)38/h3-15,18,23,29,34H,16-17H2,1-2H3,(H,31,38)(H,32,39)/t23-,29?/m0/s1. The molecule has 12 nitrogen and oxygen atoms in total. The topological polar surface area (TPSA) is 171 Å². The molecular formula is C30H29N5O7S. The van der Waals surface area contributed by atoms with Gasteiger partial charge in [0.15, 0.2) is 6.17 Å². The monoisotopic (exact) mass is 603 g/mol. The molecule has 0 fully saturated rings. The first-order valence-electron chi connectivity index (χ1n) is 13.2. The first-order chi connectivity index (χ1) is 20.5. The molecule has 2 atom stereocenters. The lowest BCUT2D eigenvalue weighted by Crippen LogP contribution is -2.51. The molecule has 0 bridgehead atoms. The number of benzene rings is 3. The van der Waals surface area contributed by atoms with Gasteiger partial charge < -0.3 is 15.4 Å². The number of nitrogens with zero attached hydrogens (tertiary/aromatic N) is 2. The van der Waals surface area contributed by atoms with E-state index in [-0.39, 0.29) is 23.0 Å². The number of aliphatic imine (C=N–C) groups is 1. The van der Waals surface area contributed by atoms with Crippen LogP contribution in [0.15, 0.2) is 88.8 Å². The van der Waals surface area contributed by atoms with Crippen molar-refractivity contribution < 1.29 is 32.4 Å². The van der Waals surface area contributed by atoms with Crippen molar-refractivity contribution in [3.05, 3.63) is 90.0 Å². The molecule has 1 aliphatic rings. The lowest BCUT2D eigenvalue weighted by molar-refractivity contribution is -0.126. The second-order valence-electron chi connectivity index (χ2n) is 9.73. The molecule has 3 aromatic carbocycles. The molecule has 0 aliphatic carbocycles. The van der Waals surface area contributed by atoms with Crippen molar-refractivity contribution in [3.63, 3.8) is 0 Å². The van der Waals surface area contributed by atoms with Gasteiger partial charge in [-0.15, -0.1) is 0 Å². The number of carbonyl (C=O) groups excluding carboxylic acids is 5. The number of benzodiazepines with no additional fused rings is 1. The Kier molecular flexibility index (Phi) is 9.58. The van der Waals surface area contributed by atoms with Crippen LogP contribution >= 0.6 is 0 Å². The number of nitrogens with one attached hydrogen (secondary N) is 3. The van der Waals surface area contributed by atoms with Gasteiger partial charge in [0.25, 0.3) is 5.91 Å². The number of para-hydroxylation sites is 1. The van der Waals surface area contributed by atoms with Gasteiger partial charge in [-0.1, -0.05) is 48.5 Å². The number of amides is 3. The predicted molar refractivity (Wildman–Crippen MR) is 159 cm³/mol. The van der Waals surface area contributed by atoms with E-state index in [1.54, 1.807) is 54.6 Å². The Labute approximate surface area is 248 Å². The second kappa shape index (κ2) is 13.3. The summed E-state index contributed by atoms with van der Waals surface area (Å²) in [6.45, 7) is 2.02. The molecule has 0 spiro atoms. The molecule has 1 aliphatic heterocycles. The van der Waals surface area contributed by atoms with Crippen LogP contribution in [0.3, 0.4) is 0 Å². The minimum Gasteiger partial charge on any atom is -0.345 e. The van der Waals surface area contributed by atoms with Crippen LogP contribution in [-0.2, 0) is 34.0 Å². The maximum absolute atomic E-state index is 14.0. The Morgan fingerprint density at radius 2 is 1.60 bits per heavy atom. The average Bonchev–Trinajstić information content (AvgIpc) is 3.07. The van der Waals surface area contributed by atoms with Crippen molar-refractivity contribution in [2.45, 2.75) is 37.4 Å². The van der Waals surface area contributed by atoms with Crippen LogP contribution < -0.4 is 20.3 Å². The number of carbonyl (C=O) groups is 5. The predicted octanol–water partition coefficient (Wildman–Crippen LogP) is 1.80. The minimum atomic E-state index is -4.34. The van der Waals surface area contributed by atoms with E-state index in [1.807, 2.05) is 0 Å². The van der Waals surface area contributed by atoms with Gasteiger partial charge in [0, 0.05) is 30.2 Å². The number of anilines is 2. The quantitative estimate of drug-likeness (QED) is 0.281. The zero-order chi connectivity index (χ0) is 31.1. The van der Waals surface area contributed by atoms with Crippen molar-refractivity contribution in [2.24, 2.45) is 4.99 Å². The lowest BCUT2D eigenvalue weighted by atomic mass is 10.0. The second-order valence-corrected chi connectivity index (χ2v) is 11.4. The van der Waals surface area contributed by atoms with Crippen LogP contribution in [0.1, 0.15) is 31.4 Å². The third kappa shape index (κ3) is 7.64. The van der Waals surface area contributed by atoms with Crippen LogP contribution in [0.2, 0.25) is 0 Å². The van der Waals surface area contributed by atoms with E-state index in [1.165, 1.54) is 38.1 Å². The summed E-state index contributed by atoms with van der Waals surface area (Å²) in [6.07, 6.45) is -1.47. The highest BCUT2D eigenvalue weighted by molar-refractivity contribution is 7.89. The Balaban J connectivity index is 1.74. The molecule has 1 unspecified atom stereocenters. The molecule has 3 amide bonds. The van der Waals surface area contributed by atoms with Crippen molar-refractivity contribution >= 4 is 56.9 Å². The van der Waals surface area contributed by atoms with E-state index < -0.39 is 40.6 Å². The Morgan fingerprint density at radius 1 is 0.953 bits per heavy atom. The zero-order valence-corrected chi connectivity index (χ0v) is 24.1. The number of Topliss-reactive ketones (excluding diaryl/α,β-unsaturated/α-hetero) is 1. The Bertz CT molecular complexity index is 1690. The van der Waals surface area contributed by atoms with Crippen LogP contribution in [0, 0.1) is 0 Å². The number of fused-ring (bicyclic) bond motifs is 1. The third-order valence-electron chi connectivity index (χ3n) is 6.33. The fraction of sp³-hybridized carbons (Fsp3) is 0.200. The number of hydrogen-bond donors (Lipinski definition) is 3. The fourth-order valence-corrected chi connectivity index (χ4v) is 5.55. The van der Waals surface area contributed by atoms with E-state index in [2.05, 4.69) is 20.3 Å². The van der Waals surface area contributed by atoms with Gasteiger partial charge in [-0.2, -0.15) is 4.72 Å². The van der Waals surface area contributed by atoms with Crippen LogP contribution in [-0.4, -0.2) is 62.7 Å². The molecule has 222 valence electrons. The number of hydrogen-bond acceptors (Lipinski definition) is 8. The van der Waals surface area contributed by atoms with E-state index >= 15 is 0 Å². The van der Waals surface area contributed by atoms with Crippen molar-refractivity contribution in [1.29, 1.82) is 0 Å². The number of rotatable bonds is 11. The molecule has 43 heavy (non-hydrogen) atoms. The molecule has 3 N–H and O–H groups in total.